The minimum absolute atomic E-state index is 0.0306. The smallest absolute Gasteiger partial charge is 0.271 e. The van der Waals surface area contributed by atoms with Gasteiger partial charge in [0.1, 0.15) is 5.75 Å². The molecule has 10 heteroatoms. The number of carbonyl (C=O) groups is 1. The second-order valence-electron chi connectivity index (χ2n) is 6.34. The number of carbonyl (C=O) groups excluding carboxylic acids is 1. The number of halogens is 1. The zero-order chi connectivity index (χ0) is 21.0. The van der Waals surface area contributed by atoms with Gasteiger partial charge < -0.3 is 9.84 Å². The standard InChI is InChI=1S/C19H20ClN3O5S/c1-13(17-6-5-15(20)12-18(17)24)21-22-19(25)14-3-2-4-16(11-14)29(26,27)23-7-9-28-10-8-23/h2-6,11-12,24H,7-10H2,1H3,(H,22,25)/b21-13+. The summed E-state index contributed by atoms with van der Waals surface area (Å²) in [7, 11) is -3.71. The van der Waals surface area contributed by atoms with E-state index < -0.39 is 15.9 Å². The van der Waals surface area contributed by atoms with Crippen LogP contribution in [-0.2, 0) is 14.8 Å². The summed E-state index contributed by atoms with van der Waals surface area (Å²) in [6.07, 6.45) is 0. The number of nitrogens with zero attached hydrogens (tertiary/aromatic N) is 2. The maximum atomic E-state index is 12.8. The third kappa shape index (κ3) is 4.94. The maximum absolute atomic E-state index is 12.8. The van der Waals surface area contributed by atoms with Gasteiger partial charge in [0.15, 0.2) is 0 Å². The molecule has 8 nitrogen and oxygen atoms in total. The lowest BCUT2D eigenvalue weighted by atomic mass is 10.1. The number of ether oxygens (including phenoxy) is 1. The number of rotatable bonds is 5. The monoisotopic (exact) mass is 437 g/mol. The van der Waals surface area contributed by atoms with Gasteiger partial charge in [-0.05, 0) is 43.3 Å². The number of amides is 1. The van der Waals surface area contributed by atoms with Crippen molar-refractivity contribution in [1.82, 2.24) is 9.73 Å². The van der Waals surface area contributed by atoms with E-state index in [-0.39, 0.29) is 29.3 Å². The molecule has 2 N–H and O–H groups in total. The lowest BCUT2D eigenvalue weighted by Crippen LogP contribution is -2.40. The average molecular weight is 438 g/mol. The lowest BCUT2D eigenvalue weighted by Gasteiger charge is -2.26. The van der Waals surface area contributed by atoms with Gasteiger partial charge in [-0.3, -0.25) is 4.79 Å². The predicted molar refractivity (Wildman–Crippen MR) is 109 cm³/mol. The minimum atomic E-state index is -3.71. The molecule has 0 spiro atoms. The zero-order valence-corrected chi connectivity index (χ0v) is 17.2. The Morgan fingerprint density at radius 1 is 1.21 bits per heavy atom. The Bertz CT molecular complexity index is 1050. The summed E-state index contributed by atoms with van der Waals surface area (Å²) in [5.74, 6) is -0.636. The second-order valence-corrected chi connectivity index (χ2v) is 8.72. The van der Waals surface area contributed by atoms with Crippen molar-refractivity contribution in [3.05, 3.63) is 58.6 Å². The first-order valence-corrected chi connectivity index (χ1v) is 10.6. The molecule has 1 heterocycles. The van der Waals surface area contributed by atoms with Gasteiger partial charge in [0.25, 0.3) is 5.91 Å². The highest BCUT2D eigenvalue weighted by Crippen LogP contribution is 2.22. The van der Waals surface area contributed by atoms with E-state index in [4.69, 9.17) is 16.3 Å². The summed E-state index contributed by atoms with van der Waals surface area (Å²) >= 11 is 5.81. The van der Waals surface area contributed by atoms with Crippen LogP contribution in [0.1, 0.15) is 22.8 Å². The van der Waals surface area contributed by atoms with Crippen molar-refractivity contribution in [2.24, 2.45) is 5.10 Å². The van der Waals surface area contributed by atoms with Gasteiger partial charge in [-0.2, -0.15) is 9.41 Å². The molecule has 1 amide bonds. The summed E-state index contributed by atoms with van der Waals surface area (Å²) in [6, 6.07) is 10.3. The van der Waals surface area contributed by atoms with Gasteiger partial charge >= 0.3 is 0 Å². The van der Waals surface area contributed by atoms with Crippen molar-refractivity contribution >= 4 is 33.2 Å². The van der Waals surface area contributed by atoms with Crippen LogP contribution in [0.5, 0.6) is 5.75 Å². The fourth-order valence-electron chi connectivity index (χ4n) is 2.80. The number of hydrogen-bond acceptors (Lipinski definition) is 6. The first-order chi connectivity index (χ1) is 13.8. The van der Waals surface area contributed by atoms with Crippen LogP contribution in [0.4, 0.5) is 0 Å². The van der Waals surface area contributed by atoms with E-state index in [1.54, 1.807) is 19.1 Å². The number of morpholine rings is 1. The average Bonchev–Trinajstić information content (AvgIpc) is 2.72. The van der Waals surface area contributed by atoms with E-state index in [1.165, 1.54) is 34.6 Å². The molecular formula is C19H20ClN3O5S. The fraction of sp³-hybridized carbons (Fsp3) is 0.263. The van der Waals surface area contributed by atoms with Gasteiger partial charge in [-0.1, -0.05) is 17.7 Å². The van der Waals surface area contributed by atoms with Crippen LogP contribution in [0, 0.1) is 0 Å². The van der Waals surface area contributed by atoms with Crippen LogP contribution in [0.25, 0.3) is 0 Å². The number of phenols is 1. The number of nitrogens with one attached hydrogen (secondary N) is 1. The SMILES string of the molecule is C/C(=N\NC(=O)c1cccc(S(=O)(=O)N2CCOCC2)c1)c1ccc(Cl)cc1O. The quantitative estimate of drug-likeness (QED) is 0.550. The molecule has 2 aromatic rings. The van der Waals surface area contributed by atoms with Crippen molar-refractivity contribution in [3.63, 3.8) is 0 Å². The molecule has 1 fully saturated rings. The largest absolute Gasteiger partial charge is 0.507 e. The van der Waals surface area contributed by atoms with Crippen molar-refractivity contribution in [1.29, 1.82) is 0 Å². The van der Waals surface area contributed by atoms with E-state index in [1.807, 2.05) is 0 Å². The Morgan fingerprint density at radius 3 is 2.62 bits per heavy atom. The number of hydrogen-bond donors (Lipinski definition) is 2. The molecule has 0 radical (unpaired) electrons. The molecule has 2 aromatic carbocycles. The Kier molecular flexibility index (Phi) is 6.53. The lowest BCUT2D eigenvalue weighted by molar-refractivity contribution is 0.0730. The first kappa shape index (κ1) is 21.3. The minimum Gasteiger partial charge on any atom is -0.507 e. The Hall–Kier alpha value is -2.46. The van der Waals surface area contributed by atoms with E-state index in [2.05, 4.69) is 10.5 Å². The molecule has 0 atom stereocenters. The highest BCUT2D eigenvalue weighted by molar-refractivity contribution is 7.89. The molecule has 0 bridgehead atoms. The molecule has 0 unspecified atom stereocenters. The van der Waals surface area contributed by atoms with Crippen LogP contribution in [-0.4, -0.2) is 55.8 Å². The van der Waals surface area contributed by atoms with Crippen molar-refractivity contribution in [2.75, 3.05) is 26.3 Å². The topological polar surface area (TPSA) is 108 Å². The van der Waals surface area contributed by atoms with Crippen LogP contribution >= 0.6 is 11.6 Å². The number of sulfonamides is 1. The maximum Gasteiger partial charge on any atom is 0.271 e. The molecule has 0 aromatic heterocycles. The third-order valence-corrected chi connectivity index (χ3v) is 6.51. The summed E-state index contributed by atoms with van der Waals surface area (Å²) < 4.78 is 32.0. The summed E-state index contributed by atoms with van der Waals surface area (Å²) in [5, 5.41) is 14.3. The van der Waals surface area contributed by atoms with Gasteiger partial charge in [-0.15, -0.1) is 0 Å². The molecule has 3 rings (SSSR count). The van der Waals surface area contributed by atoms with Gasteiger partial charge in [0.05, 0.1) is 23.8 Å². The molecule has 29 heavy (non-hydrogen) atoms. The molecule has 1 aliphatic rings. The number of aromatic hydroxyl groups is 1. The van der Waals surface area contributed by atoms with Gasteiger partial charge in [0, 0.05) is 29.2 Å². The predicted octanol–water partition coefficient (Wildman–Crippen LogP) is 2.22. The number of benzene rings is 2. The summed E-state index contributed by atoms with van der Waals surface area (Å²) in [6.45, 7) is 2.83. The van der Waals surface area contributed by atoms with Crippen LogP contribution in [0.3, 0.4) is 0 Å². The third-order valence-electron chi connectivity index (χ3n) is 4.38. The Labute approximate surface area is 173 Å². The second kappa shape index (κ2) is 8.91. The first-order valence-electron chi connectivity index (χ1n) is 8.80. The van der Waals surface area contributed by atoms with E-state index >= 15 is 0 Å². The van der Waals surface area contributed by atoms with Gasteiger partial charge in [0.2, 0.25) is 10.0 Å². The highest BCUT2D eigenvalue weighted by Gasteiger charge is 2.26. The van der Waals surface area contributed by atoms with Gasteiger partial charge in [-0.25, -0.2) is 13.8 Å². The number of hydrazone groups is 1. The zero-order valence-electron chi connectivity index (χ0n) is 15.6. The normalized spacial score (nSPS) is 15.9. The van der Waals surface area contributed by atoms with Crippen LogP contribution < -0.4 is 5.43 Å². The van der Waals surface area contributed by atoms with E-state index in [0.717, 1.165) is 0 Å². The summed E-state index contributed by atoms with van der Waals surface area (Å²) in [5.41, 5.74) is 3.30. The number of phenolic OH excluding ortho intramolecular Hbond substituents is 1. The fourth-order valence-corrected chi connectivity index (χ4v) is 4.42. The van der Waals surface area contributed by atoms with Crippen molar-refractivity contribution < 1.29 is 23.1 Å². The van der Waals surface area contributed by atoms with E-state index in [0.29, 0.717) is 29.5 Å². The molecule has 1 aliphatic heterocycles. The molecule has 154 valence electrons. The molecule has 0 aliphatic carbocycles. The van der Waals surface area contributed by atoms with Crippen molar-refractivity contribution in [3.8, 4) is 5.75 Å². The van der Waals surface area contributed by atoms with Crippen molar-refractivity contribution in [2.45, 2.75) is 11.8 Å². The Morgan fingerprint density at radius 2 is 1.93 bits per heavy atom. The highest BCUT2D eigenvalue weighted by atomic mass is 35.5. The molecule has 1 saturated heterocycles. The van der Waals surface area contributed by atoms with Crippen LogP contribution in [0.15, 0.2) is 52.5 Å². The van der Waals surface area contributed by atoms with Crippen LogP contribution in [0.2, 0.25) is 5.02 Å². The molecule has 0 saturated carbocycles. The summed E-state index contributed by atoms with van der Waals surface area (Å²) in [4.78, 5) is 12.5. The van der Waals surface area contributed by atoms with E-state index in [9.17, 15) is 18.3 Å². The molecular weight excluding hydrogens is 418 g/mol. The Balaban J connectivity index is 1.77.